The first-order valence-corrected chi connectivity index (χ1v) is 12.8. The Hall–Kier alpha value is -4.05. The Morgan fingerprint density at radius 3 is 2.58 bits per heavy atom. The number of aromatic hydroxyl groups is 1. The number of ketones is 2. The van der Waals surface area contributed by atoms with Gasteiger partial charge in [0.2, 0.25) is 0 Å². The summed E-state index contributed by atoms with van der Waals surface area (Å²) in [4.78, 5) is 52.4. The summed E-state index contributed by atoms with van der Waals surface area (Å²) < 4.78 is 6.16. The number of nitrogens with two attached hydrogens (primary N) is 1. The number of nitroso groups, excluding NO2 is 1. The largest absolute Gasteiger partial charge is 0.511 e. The van der Waals surface area contributed by atoms with Gasteiger partial charge in [-0.15, -0.1) is 4.91 Å². The molecule has 2 unspecified atom stereocenters. The number of phenols is 1. The molecule has 196 valence electrons. The SMILES string of the molecule is NC(=O)C1=C(N=O)CC2C[C@@H]3Cc4c(-c5ccc(CN6CCCC6)o5)ccc(O)c4C(=O)C3=C(O)C2C1=O. The van der Waals surface area contributed by atoms with Crippen LogP contribution in [-0.2, 0) is 22.6 Å². The van der Waals surface area contributed by atoms with Gasteiger partial charge in [-0.3, -0.25) is 19.3 Å². The predicted octanol–water partition coefficient (Wildman–Crippen LogP) is 3.53. The van der Waals surface area contributed by atoms with E-state index in [9.17, 15) is 29.5 Å². The van der Waals surface area contributed by atoms with Crippen LogP contribution in [0.25, 0.3) is 11.3 Å². The van der Waals surface area contributed by atoms with Crippen LogP contribution in [0.4, 0.5) is 0 Å². The topological polar surface area (TPSA) is 164 Å². The minimum Gasteiger partial charge on any atom is -0.511 e. The minimum atomic E-state index is -1.16. The Morgan fingerprint density at radius 1 is 1.11 bits per heavy atom. The Labute approximate surface area is 217 Å². The van der Waals surface area contributed by atoms with Gasteiger partial charge in [-0.25, -0.2) is 0 Å². The average Bonchev–Trinajstić information content (AvgIpc) is 3.56. The van der Waals surface area contributed by atoms with E-state index in [0.29, 0.717) is 36.3 Å². The summed E-state index contributed by atoms with van der Waals surface area (Å²) in [6.45, 7) is 2.76. The number of hydrogen-bond acceptors (Lipinski definition) is 9. The molecule has 38 heavy (non-hydrogen) atoms. The molecule has 1 saturated heterocycles. The minimum absolute atomic E-state index is 0.00198. The molecule has 3 atom stereocenters. The molecule has 10 heteroatoms. The highest BCUT2D eigenvalue weighted by molar-refractivity contribution is 6.22. The number of fused-ring (bicyclic) bond motifs is 3. The van der Waals surface area contributed by atoms with E-state index in [4.69, 9.17) is 10.2 Å². The maximum Gasteiger partial charge on any atom is 0.254 e. The van der Waals surface area contributed by atoms with Gasteiger partial charge in [0.05, 0.1) is 18.0 Å². The van der Waals surface area contributed by atoms with Gasteiger partial charge in [-0.2, -0.15) is 0 Å². The summed E-state index contributed by atoms with van der Waals surface area (Å²) in [6.07, 6.45) is 2.98. The maximum atomic E-state index is 13.7. The lowest BCUT2D eigenvalue weighted by Crippen LogP contribution is -2.43. The van der Waals surface area contributed by atoms with Gasteiger partial charge in [-0.05, 0) is 92.0 Å². The zero-order valence-corrected chi connectivity index (χ0v) is 20.6. The number of Topliss-reactive ketones (excluding diaryl/α,β-unsaturated/α-hetero) is 2. The van der Waals surface area contributed by atoms with Gasteiger partial charge in [0.25, 0.3) is 5.91 Å². The van der Waals surface area contributed by atoms with E-state index in [-0.39, 0.29) is 29.0 Å². The van der Waals surface area contributed by atoms with Crippen LogP contribution in [0.1, 0.15) is 47.4 Å². The van der Waals surface area contributed by atoms with E-state index in [1.807, 2.05) is 12.1 Å². The third-order valence-corrected chi connectivity index (χ3v) is 8.39. The van der Waals surface area contributed by atoms with E-state index in [0.717, 1.165) is 18.8 Å². The predicted molar refractivity (Wildman–Crippen MR) is 135 cm³/mol. The lowest BCUT2D eigenvalue weighted by Gasteiger charge is -2.41. The fraction of sp³-hybridized carbons (Fsp3) is 0.393. The molecule has 2 aromatic rings. The summed E-state index contributed by atoms with van der Waals surface area (Å²) in [5.41, 5.74) is 6.00. The quantitative estimate of drug-likeness (QED) is 0.400. The first kappa shape index (κ1) is 24.3. The highest BCUT2D eigenvalue weighted by atomic mass is 16.3. The van der Waals surface area contributed by atoms with Crippen molar-refractivity contribution < 1.29 is 29.0 Å². The molecule has 4 aliphatic rings. The molecule has 1 aliphatic heterocycles. The summed E-state index contributed by atoms with van der Waals surface area (Å²) >= 11 is 0. The molecule has 4 N–H and O–H groups in total. The molecular weight excluding hydrogens is 490 g/mol. The third kappa shape index (κ3) is 3.70. The number of aliphatic hydroxyl groups excluding tert-OH is 1. The van der Waals surface area contributed by atoms with Gasteiger partial charge in [0.15, 0.2) is 11.6 Å². The van der Waals surface area contributed by atoms with Gasteiger partial charge >= 0.3 is 0 Å². The van der Waals surface area contributed by atoms with Gasteiger partial charge in [0.1, 0.15) is 34.3 Å². The Morgan fingerprint density at radius 2 is 1.87 bits per heavy atom. The van der Waals surface area contributed by atoms with Crippen LogP contribution in [0.3, 0.4) is 0 Å². The zero-order valence-electron chi connectivity index (χ0n) is 20.6. The monoisotopic (exact) mass is 517 g/mol. The van der Waals surface area contributed by atoms with Crippen molar-refractivity contribution in [2.24, 2.45) is 28.7 Å². The molecule has 6 rings (SSSR count). The molecule has 1 amide bonds. The van der Waals surface area contributed by atoms with E-state index in [1.165, 1.54) is 18.9 Å². The standard InChI is InChI=1S/C28H27N3O7/c29-28(36)24-18(30-37)11-14-9-13-10-17-16(20-6-3-15(38-20)12-31-7-1-2-8-31)4-5-19(32)23(17)26(34)21(13)25(33)22(14)27(24)35/h3-6,13-14,22,32-33H,1-2,7-12H2,(H2,29,36)/t13-,14?,22?/m1/s1. The van der Waals surface area contributed by atoms with E-state index < -0.39 is 46.6 Å². The number of carbonyl (C=O) groups excluding carboxylic acids is 3. The van der Waals surface area contributed by atoms with Crippen LogP contribution >= 0.6 is 0 Å². The van der Waals surface area contributed by atoms with E-state index in [1.54, 1.807) is 6.07 Å². The molecule has 1 aromatic heterocycles. The molecule has 1 fully saturated rings. The summed E-state index contributed by atoms with van der Waals surface area (Å²) in [5, 5.41) is 24.8. The highest BCUT2D eigenvalue weighted by Crippen LogP contribution is 2.51. The molecule has 2 heterocycles. The number of hydrogen-bond donors (Lipinski definition) is 3. The number of carbonyl (C=O) groups is 3. The number of amides is 1. The van der Waals surface area contributed by atoms with E-state index in [2.05, 4.69) is 10.1 Å². The molecule has 0 spiro atoms. The molecule has 0 radical (unpaired) electrons. The number of primary amides is 1. The van der Waals surface area contributed by atoms with Crippen molar-refractivity contribution in [3.05, 3.63) is 68.7 Å². The fourth-order valence-corrected chi connectivity index (χ4v) is 6.72. The smallest absolute Gasteiger partial charge is 0.254 e. The Kier molecular flexibility index (Phi) is 5.79. The number of nitrogens with zero attached hydrogens (tertiary/aromatic N) is 2. The highest BCUT2D eigenvalue weighted by Gasteiger charge is 2.50. The first-order valence-electron chi connectivity index (χ1n) is 12.8. The van der Waals surface area contributed by atoms with Crippen molar-refractivity contribution in [2.75, 3.05) is 13.1 Å². The number of aliphatic hydroxyl groups is 1. The van der Waals surface area contributed by atoms with Crippen LogP contribution in [0.5, 0.6) is 5.75 Å². The molecule has 0 bridgehead atoms. The molecule has 10 nitrogen and oxygen atoms in total. The summed E-state index contributed by atoms with van der Waals surface area (Å²) in [7, 11) is 0. The number of furan rings is 1. The van der Waals surface area contributed by atoms with Crippen molar-refractivity contribution in [1.29, 1.82) is 0 Å². The Balaban J connectivity index is 1.39. The van der Waals surface area contributed by atoms with Crippen molar-refractivity contribution in [3.8, 4) is 17.1 Å². The van der Waals surface area contributed by atoms with E-state index >= 15 is 0 Å². The summed E-state index contributed by atoms with van der Waals surface area (Å²) in [5.74, 6) is -3.83. The lowest BCUT2D eigenvalue weighted by atomic mass is 9.62. The molecule has 1 aromatic carbocycles. The van der Waals surface area contributed by atoms with Crippen LogP contribution < -0.4 is 5.73 Å². The van der Waals surface area contributed by atoms with Crippen molar-refractivity contribution in [3.63, 3.8) is 0 Å². The number of benzene rings is 1. The van der Waals surface area contributed by atoms with Gasteiger partial charge < -0.3 is 20.4 Å². The van der Waals surface area contributed by atoms with Crippen LogP contribution in [0, 0.1) is 22.7 Å². The number of phenolic OH excluding ortho intramolecular Hbond substituents is 1. The lowest BCUT2D eigenvalue weighted by molar-refractivity contribution is -0.125. The maximum absolute atomic E-state index is 13.7. The Bertz CT molecular complexity index is 1460. The molecule has 3 aliphatic carbocycles. The second-order valence-electron chi connectivity index (χ2n) is 10.6. The second-order valence-corrected chi connectivity index (χ2v) is 10.6. The van der Waals surface area contributed by atoms with Crippen molar-refractivity contribution >= 4 is 17.5 Å². The number of rotatable bonds is 5. The van der Waals surface area contributed by atoms with Gasteiger partial charge in [-0.1, -0.05) is 0 Å². The number of allylic oxidation sites excluding steroid dienone is 3. The first-order chi connectivity index (χ1) is 18.3. The molecular formula is C28H27N3O7. The summed E-state index contributed by atoms with van der Waals surface area (Å²) in [6, 6.07) is 6.94. The van der Waals surface area contributed by atoms with Crippen LogP contribution in [0.2, 0.25) is 0 Å². The second kappa shape index (κ2) is 9.05. The van der Waals surface area contributed by atoms with Crippen molar-refractivity contribution in [2.45, 2.75) is 38.6 Å². The fourth-order valence-electron chi connectivity index (χ4n) is 6.72. The normalized spacial score (nSPS) is 25.3. The van der Waals surface area contributed by atoms with Crippen molar-refractivity contribution in [1.82, 2.24) is 4.90 Å². The molecule has 0 saturated carbocycles. The third-order valence-electron chi connectivity index (χ3n) is 8.39. The zero-order chi connectivity index (χ0) is 26.7. The number of likely N-dealkylation sites (tertiary alicyclic amines) is 1. The van der Waals surface area contributed by atoms with Crippen LogP contribution in [0.15, 0.2) is 56.5 Å². The van der Waals surface area contributed by atoms with Crippen LogP contribution in [-0.4, -0.2) is 45.7 Å². The average molecular weight is 518 g/mol. The van der Waals surface area contributed by atoms with Gasteiger partial charge in [0, 0.05) is 11.1 Å².